The number of halogens is 1. The Labute approximate surface area is 211 Å². The molecular formula is C26H30ClN3O4S. The molecule has 35 heavy (non-hydrogen) atoms. The summed E-state index contributed by atoms with van der Waals surface area (Å²) in [5, 5.41) is 4.95. The standard InChI is InChI=1S/C26H30ClN3O4S/c1-18(2)28-26(32)19(3)29(16-20-12-14-22(27)15-13-20)25(31)17-30(35(4,33)34)24-11-7-9-21-8-5-6-10-23(21)24/h5-15,18-19H,16-17H2,1-4H3,(H,28,32)/t19-/m0/s1. The first-order valence-electron chi connectivity index (χ1n) is 11.3. The van der Waals surface area contributed by atoms with Gasteiger partial charge in [-0.2, -0.15) is 0 Å². The van der Waals surface area contributed by atoms with Crippen LogP contribution in [0.1, 0.15) is 26.3 Å². The monoisotopic (exact) mass is 515 g/mol. The number of anilines is 1. The van der Waals surface area contributed by atoms with E-state index in [0.29, 0.717) is 16.1 Å². The fourth-order valence-corrected chi connectivity index (χ4v) is 4.78. The maximum Gasteiger partial charge on any atom is 0.244 e. The number of nitrogens with zero attached hydrogens (tertiary/aromatic N) is 2. The van der Waals surface area contributed by atoms with E-state index < -0.39 is 28.5 Å². The summed E-state index contributed by atoms with van der Waals surface area (Å²) >= 11 is 6.00. The SMILES string of the molecule is CC(C)NC(=O)[C@H](C)N(Cc1ccc(Cl)cc1)C(=O)CN(c1cccc2ccccc12)S(C)(=O)=O. The zero-order valence-corrected chi connectivity index (χ0v) is 21.8. The van der Waals surface area contributed by atoms with E-state index in [1.807, 2.05) is 44.2 Å². The third kappa shape index (κ3) is 6.74. The molecule has 1 N–H and O–H groups in total. The molecule has 0 saturated carbocycles. The van der Waals surface area contributed by atoms with E-state index in [-0.39, 0.29) is 18.5 Å². The van der Waals surface area contributed by atoms with Crippen LogP contribution in [0, 0.1) is 0 Å². The molecule has 0 radical (unpaired) electrons. The molecule has 0 bridgehead atoms. The van der Waals surface area contributed by atoms with E-state index in [9.17, 15) is 18.0 Å². The lowest BCUT2D eigenvalue weighted by molar-refractivity contribution is -0.139. The van der Waals surface area contributed by atoms with Gasteiger partial charge in [0.05, 0.1) is 11.9 Å². The Balaban J connectivity index is 1.99. The van der Waals surface area contributed by atoms with Crippen molar-refractivity contribution in [2.24, 2.45) is 0 Å². The summed E-state index contributed by atoms with van der Waals surface area (Å²) in [6, 6.07) is 18.7. The minimum Gasteiger partial charge on any atom is -0.352 e. The average molecular weight is 516 g/mol. The van der Waals surface area contributed by atoms with Gasteiger partial charge in [0.15, 0.2) is 0 Å². The number of hydrogen-bond acceptors (Lipinski definition) is 4. The van der Waals surface area contributed by atoms with E-state index in [4.69, 9.17) is 11.6 Å². The summed E-state index contributed by atoms with van der Waals surface area (Å²) in [5.41, 5.74) is 1.17. The number of carbonyl (C=O) groups excluding carboxylic acids is 2. The Bertz CT molecular complexity index is 1300. The maximum atomic E-state index is 13.6. The Morgan fingerprint density at radius 2 is 1.57 bits per heavy atom. The smallest absolute Gasteiger partial charge is 0.244 e. The van der Waals surface area contributed by atoms with Gasteiger partial charge >= 0.3 is 0 Å². The third-order valence-corrected chi connectivity index (χ3v) is 6.96. The third-order valence-electron chi connectivity index (χ3n) is 5.58. The highest BCUT2D eigenvalue weighted by atomic mass is 35.5. The molecule has 3 aromatic carbocycles. The summed E-state index contributed by atoms with van der Waals surface area (Å²) in [4.78, 5) is 27.8. The summed E-state index contributed by atoms with van der Waals surface area (Å²) in [6.07, 6.45) is 1.07. The van der Waals surface area contributed by atoms with Gasteiger partial charge in [-0.05, 0) is 49.9 Å². The number of nitrogens with one attached hydrogen (secondary N) is 1. The number of benzene rings is 3. The van der Waals surface area contributed by atoms with Crippen molar-refractivity contribution in [3.8, 4) is 0 Å². The van der Waals surface area contributed by atoms with Gasteiger partial charge in [-0.1, -0.05) is 60.1 Å². The van der Waals surface area contributed by atoms with Crippen LogP contribution in [0.2, 0.25) is 5.02 Å². The lowest BCUT2D eigenvalue weighted by Gasteiger charge is -2.32. The normalized spacial score (nSPS) is 12.4. The van der Waals surface area contributed by atoms with Gasteiger partial charge < -0.3 is 10.2 Å². The number of carbonyl (C=O) groups is 2. The van der Waals surface area contributed by atoms with Crippen LogP contribution in [-0.4, -0.2) is 50.0 Å². The molecule has 0 aromatic heterocycles. The van der Waals surface area contributed by atoms with E-state index in [2.05, 4.69) is 5.32 Å². The first-order valence-corrected chi connectivity index (χ1v) is 13.5. The second-order valence-electron chi connectivity index (χ2n) is 8.76. The van der Waals surface area contributed by atoms with Crippen molar-refractivity contribution in [3.63, 3.8) is 0 Å². The first kappa shape index (κ1) is 26.5. The van der Waals surface area contributed by atoms with Gasteiger partial charge in [0, 0.05) is 23.0 Å². The molecule has 0 unspecified atom stereocenters. The Morgan fingerprint density at radius 3 is 2.20 bits per heavy atom. The summed E-state index contributed by atoms with van der Waals surface area (Å²) in [6.45, 7) is 4.98. The largest absolute Gasteiger partial charge is 0.352 e. The highest BCUT2D eigenvalue weighted by Crippen LogP contribution is 2.28. The molecule has 1 atom stereocenters. The molecule has 0 saturated heterocycles. The van der Waals surface area contributed by atoms with Crippen LogP contribution in [0.5, 0.6) is 0 Å². The molecule has 2 amide bonds. The first-order chi connectivity index (χ1) is 16.5. The van der Waals surface area contributed by atoms with Gasteiger partial charge in [-0.25, -0.2) is 8.42 Å². The molecular weight excluding hydrogens is 486 g/mol. The Hall–Kier alpha value is -3.10. The fraction of sp³-hybridized carbons (Fsp3) is 0.308. The number of hydrogen-bond donors (Lipinski definition) is 1. The van der Waals surface area contributed by atoms with Crippen molar-refractivity contribution in [3.05, 3.63) is 77.3 Å². The van der Waals surface area contributed by atoms with E-state index in [1.54, 1.807) is 43.3 Å². The minimum atomic E-state index is -3.81. The van der Waals surface area contributed by atoms with Crippen molar-refractivity contribution < 1.29 is 18.0 Å². The zero-order chi connectivity index (χ0) is 25.8. The van der Waals surface area contributed by atoms with Crippen molar-refractivity contribution in [1.82, 2.24) is 10.2 Å². The fourth-order valence-electron chi connectivity index (χ4n) is 3.79. The van der Waals surface area contributed by atoms with E-state index in [1.165, 1.54) is 4.90 Å². The lowest BCUT2D eigenvalue weighted by Crippen LogP contribution is -2.52. The van der Waals surface area contributed by atoms with Gasteiger partial charge in [-0.3, -0.25) is 13.9 Å². The van der Waals surface area contributed by atoms with Gasteiger partial charge in [0.1, 0.15) is 12.6 Å². The van der Waals surface area contributed by atoms with Crippen molar-refractivity contribution in [1.29, 1.82) is 0 Å². The number of sulfonamides is 1. The van der Waals surface area contributed by atoms with Gasteiger partial charge in [0.25, 0.3) is 0 Å². The maximum absolute atomic E-state index is 13.6. The van der Waals surface area contributed by atoms with Crippen LogP contribution < -0.4 is 9.62 Å². The molecule has 7 nitrogen and oxygen atoms in total. The Kier molecular flexibility index (Phi) is 8.40. The zero-order valence-electron chi connectivity index (χ0n) is 20.2. The van der Waals surface area contributed by atoms with Gasteiger partial charge in [0.2, 0.25) is 21.8 Å². The topological polar surface area (TPSA) is 86.8 Å². The summed E-state index contributed by atoms with van der Waals surface area (Å²) in [5.74, 6) is -0.817. The number of rotatable bonds is 9. The molecule has 3 aromatic rings. The minimum absolute atomic E-state index is 0.111. The molecule has 0 aliphatic rings. The van der Waals surface area contributed by atoms with Crippen LogP contribution in [0.25, 0.3) is 10.8 Å². The molecule has 186 valence electrons. The molecule has 0 fully saturated rings. The van der Waals surface area contributed by atoms with Crippen LogP contribution >= 0.6 is 11.6 Å². The molecule has 9 heteroatoms. The summed E-state index contributed by atoms with van der Waals surface area (Å²) < 4.78 is 26.8. The van der Waals surface area contributed by atoms with Crippen LogP contribution in [0.15, 0.2) is 66.7 Å². The van der Waals surface area contributed by atoms with E-state index in [0.717, 1.165) is 21.5 Å². The van der Waals surface area contributed by atoms with Crippen molar-refractivity contribution >= 4 is 49.9 Å². The van der Waals surface area contributed by atoms with Crippen LogP contribution in [-0.2, 0) is 26.2 Å². The highest BCUT2D eigenvalue weighted by molar-refractivity contribution is 7.92. The predicted molar refractivity (Wildman–Crippen MR) is 141 cm³/mol. The van der Waals surface area contributed by atoms with Crippen LogP contribution in [0.3, 0.4) is 0 Å². The number of amides is 2. The molecule has 3 rings (SSSR count). The van der Waals surface area contributed by atoms with Crippen molar-refractivity contribution in [2.45, 2.75) is 39.4 Å². The predicted octanol–water partition coefficient (Wildman–Crippen LogP) is 4.20. The Morgan fingerprint density at radius 1 is 0.943 bits per heavy atom. The summed E-state index contributed by atoms with van der Waals surface area (Å²) in [7, 11) is -3.81. The van der Waals surface area contributed by atoms with Crippen LogP contribution in [0.4, 0.5) is 5.69 Å². The lowest BCUT2D eigenvalue weighted by atomic mass is 10.1. The average Bonchev–Trinajstić information content (AvgIpc) is 2.80. The van der Waals surface area contributed by atoms with E-state index >= 15 is 0 Å². The second-order valence-corrected chi connectivity index (χ2v) is 11.1. The second kappa shape index (κ2) is 11.1. The molecule has 0 aliphatic carbocycles. The number of fused-ring (bicyclic) bond motifs is 1. The van der Waals surface area contributed by atoms with Gasteiger partial charge in [-0.15, -0.1) is 0 Å². The quantitative estimate of drug-likeness (QED) is 0.462. The highest BCUT2D eigenvalue weighted by Gasteiger charge is 2.30. The molecule has 0 spiro atoms. The molecule has 0 aliphatic heterocycles. The molecule has 0 heterocycles. The van der Waals surface area contributed by atoms with Crippen molar-refractivity contribution in [2.75, 3.05) is 17.1 Å².